The Bertz CT molecular complexity index is 628. The van der Waals surface area contributed by atoms with Gasteiger partial charge in [0.15, 0.2) is 0 Å². The molecule has 0 saturated heterocycles. The maximum Gasteiger partial charge on any atom is 0.339 e. The Balaban J connectivity index is 1.95. The largest absolute Gasteiger partial charge is 0.493 e. The molecule has 0 bridgehead atoms. The molecule has 0 saturated carbocycles. The summed E-state index contributed by atoms with van der Waals surface area (Å²) in [5, 5.41) is 0.876. The van der Waals surface area contributed by atoms with Crippen molar-refractivity contribution in [2.24, 2.45) is 0 Å². The van der Waals surface area contributed by atoms with Gasteiger partial charge >= 0.3 is 5.63 Å². The zero-order valence-electron chi connectivity index (χ0n) is 13.0. The van der Waals surface area contributed by atoms with Crippen LogP contribution in [-0.4, -0.2) is 6.61 Å². The van der Waals surface area contributed by atoms with E-state index in [0.717, 1.165) is 17.4 Å². The van der Waals surface area contributed by atoms with E-state index in [1.807, 2.05) is 25.1 Å². The second-order valence-corrected chi connectivity index (χ2v) is 5.55. The highest BCUT2D eigenvalue weighted by atomic mass is 16.5. The van der Waals surface area contributed by atoms with Gasteiger partial charge in [-0.05, 0) is 25.5 Å². The van der Waals surface area contributed by atoms with E-state index in [0.29, 0.717) is 17.9 Å². The van der Waals surface area contributed by atoms with Crippen LogP contribution in [0.3, 0.4) is 0 Å². The molecule has 0 N–H and O–H groups in total. The molecule has 3 nitrogen and oxygen atoms in total. The summed E-state index contributed by atoms with van der Waals surface area (Å²) in [5.41, 5.74) is 1.36. The Hall–Kier alpha value is -1.77. The second kappa shape index (κ2) is 7.87. The van der Waals surface area contributed by atoms with Crippen LogP contribution in [0.2, 0.25) is 0 Å². The highest BCUT2D eigenvalue weighted by Gasteiger charge is 2.06. The molecule has 0 aliphatic heterocycles. The zero-order valence-corrected chi connectivity index (χ0v) is 13.0. The van der Waals surface area contributed by atoms with E-state index in [-0.39, 0.29) is 5.63 Å². The molecule has 2 rings (SSSR count). The highest BCUT2D eigenvalue weighted by molar-refractivity contribution is 5.83. The van der Waals surface area contributed by atoms with Crippen LogP contribution in [0.1, 0.15) is 51.0 Å². The molecule has 1 heterocycles. The lowest BCUT2D eigenvalue weighted by Gasteiger charge is -2.08. The summed E-state index contributed by atoms with van der Waals surface area (Å²) < 4.78 is 11.0. The van der Waals surface area contributed by atoms with Crippen molar-refractivity contribution in [3.63, 3.8) is 0 Å². The average Bonchev–Trinajstić information content (AvgIpc) is 2.47. The Morgan fingerprint density at radius 2 is 1.81 bits per heavy atom. The van der Waals surface area contributed by atoms with Gasteiger partial charge in [0.2, 0.25) is 0 Å². The predicted octanol–water partition coefficient (Wildman–Crippen LogP) is 4.84. The summed E-state index contributed by atoms with van der Waals surface area (Å²) in [6, 6.07) is 7.19. The summed E-state index contributed by atoms with van der Waals surface area (Å²) in [5.74, 6) is 0.638. The molecule has 1 aromatic carbocycles. The van der Waals surface area contributed by atoms with E-state index in [4.69, 9.17) is 9.15 Å². The van der Waals surface area contributed by atoms with Gasteiger partial charge < -0.3 is 9.15 Å². The van der Waals surface area contributed by atoms with Crippen LogP contribution < -0.4 is 10.4 Å². The normalized spacial score (nSPS) is 11.0. The van der Waals surface area contributed by atoms with Crippen molar-refractivity contribution in [3.8, 4) is 5.75 Å². The molecule has 0 aliphatic rings. The van der Waals surface area contributed by atoms with Crippen molar-refractivity contribution in [1.29, 1.82) is 0 Å². The van der Waals surface area contributed by atoms with Crippen LogP contribution in [0.15, 0.2) is 33.5 Å². The van der Waals surface area contributed by atoms with Gasteiger partial charge in [-0.3, -0.25) is 0 Å². The number of benzene rings is 1. The van der Waals surface area contributed by atoms with E-state index in [2.05, 4.69) is 6.92 Å². The van der Waals surface area contributed by atoms with Gasteiger partial charge in [0.05, 0.1) is 18.1 Å². The third kappa shape index (κ3) is 4.62. The summed E-state index contributed by atoms with van der Waals surface area (Å²) in [7, 11) is 0. The molecule has 0 radical (unpaired) electrons. The van der Waals surface area contributed by atoms with Crippen LogP contribution >= 0.6 is 0 Å². The van der Waals surface area contributed by atoms with Crippen LogP contribution in [0, 0.1) is 6.92 Å². The van der Waals surface area contributed by atoms with Crippen LogP contribution in [0.25, 0.3) is 11.0 Å². The monoisotopic (exact) mass is 288 g/mol. The molecular weight excluding hydrogens is 264 g/mol. The maximum atomic E-state index is 11.5. The number of aryl methyl sites for hydroxylation is 1. The van der Waals surface area contributed by atoms with Crippen molar-refractivity contribution in [1.82, 2.24) is 0 Å². The third-order valence-electron chi connectivity index (χ3n) is 3.62. The molecular formula is C18H24O3. The SMILES string of the molecule is CCCCCCCCOc1cc(=O)oc2ccc(C)cc12. The van der Waals surface area contributed by atoms with Gasteiger partial charge in [0.1, 0.15) is 11.3 Å². The first-order valence-electron chi connectivity index (χ1n) is 7.88. The fourth-order valence-corrected chi connectivity index (χ4v) is 2.43. The molecule has 0 unspecified atom stereocenters. The minimum absolute atomic E-state index is 0.357. The second-order valence-electron chi connectivity index (χ2n) is 5.55. The van der Waals surface area contributed by atoms with E-state index >= 15 is 0 Å². The summed E-state index contributed by atoms with van der Waals surface area (Å²) in [6.45, 7) is 4.89. The first-order chi connectivity index (χ1) is 10.2. The number of fused-ring (bicyclic) bond motifs is 1. The smallest absolute Gasteiger partial charge is 0.339 e. The van der Waals surface area contributed by atoms with Gasteiger partial charge in [0.25, 0.3) is 0 Å². The quantitative estimate of drug-likeness (QED) is 0.515. The molecule has 0 fully saturated rings. The standard InChI is InChI=1S/C18H24O3/c1-3-4-5-6-7-8-11-20-17-13-18(19)21-16-10-9-14(2)12-15(16)17/h9-10,12-13H,3-8,11H2,1-2H3. The van der Waals surface area contributed by atoms with Crippen molar-refractivity contribution in [2.75, 3.05) is 6.61 Å². The van der Waals surface area contributed by atoms with Crippen molar-refractivity contribution in [3.05, 3.63) is 40.2 Å². The first-order valence-corrected chi connectivity index (χ1v) is 7.88. The van der Waals surface area contributed by atoms with Crippen LogP contribution in [0.4, 0.5) is 0 Å². The van der Waals surface area contributed by atoms with Crippen molar-refractivity contribution < 1.29 is 9.15 Å². The van der Waals surface area contributed by atoms with Gasteiger partial charge in [-0.1, -0.05) is 50.7 Å². The van der Waals surface area contributed by atoms with E-state index < -0.39 is 0 Å². The summed E-state index contributed by atoms with van der Waals surface area (Å²) in [6.07, 6.45) is 7.34. The van der Waals surface area contributed by atoms with Gasteiger partial charge in [-0.2, -0.15) is 0 Å². The minimum atomic E-state index is -0.357. The lowest BCUT2D eigenvalue weighted by molar-refractivity contribution is 0.305. The lowest BCUT2D eigenvalue weighted by atomic mass is 10.1. The minimum Gasteiger partial charge on any atom is -0.493 e. The molecule has 0 spiro atoms. The summed E-state index contributed by atoms with van der Waals surface area (Å²) in [4.78, 5) is 11.5. The lowest BCUT2D eigenvalue weighted by Crippen LogP contribution is -2.03. The molecule has 2 aromatic rings. The van der Waals surface area contributed by atoms with Gasteiger partial charge in [-0.25, -0.2) is 4.79 Å². The number of rotatable bonds is 8. The summed E-state index contributed by atoms with van der Waals surface area (Å²) >= 11 is 0. The highest BCUT2D eigenvalue weighted by Crippen LogP contribution is 2.25. The number of hydrogen-bond donors (Lipinski definition) is 0. The average molecular weight is 288 g/mol. The topological polar surface area (TPSA) is 39.4 Å². The van der Waals surface area contributed by atoms with Gasteiger partial charge in [-0.15, -0.1) is 0 Å². The predicted molar refractivity (Wildman–Crippen MR) is 86.1 cm³/mol. The Labute approximate surface area is 125 Å². The van der Waals surface area contributed by atoms with Gasteiger partial charge in [0, 0.05) is 0 Å². The molecule has 1 aromatic heterocycles. The molecule has 0 amide bonds. The number of hydrogen-bond acceptors (Lipinski definition) is 3. The molecule has 0 aliphatic carbocycles. The zero-order chi connectivity index (χ0) is 15.1. The Morgan fingerprint density at radius 3 is 2.62 bits per heavy atom. The van der Waals surface area contributed by atoms with E-state index in [1.54, 1.807) is 0 Å². The molecule has 114 valence electrons. The van der Waals surface area contributed by atoms with E-state index in [1.165, 1.54) is 38.2 Å². The Kier molecular flexibility index (Phi) is 5.85. The van der Waals surface area contributed by atoms with E-state index in [9.17, 15) is 4.79 Å². The molecule has 0 atom stereocenters. The third-order valence-corrected chi connectivity index (χ3v) is 3.62. The first kappa shape index (κ1) is 15.6. The molecule has 3 heteroatoms. The molecule has 21 heavy (non-hydrogen) atoms. The van der Waals surface area contributed by atoms with Crippen LogP contribution in [0.5, 0.6) is 5.75 Å². The number of ether oxygens (including phenoxy) is 1. The fourth-order valence-electron chi connectivity index (χ4n) is 2.43. The maximum absolute atomic E-state index is 11.5. The number of unbranched alkanes of at least 4 members (excludes halogenated alkanes) is 5. The van der Waals surface area contributed by atoms with Crippen LogP contribution in [-0.2, 0) is 0 Å². The Morgan fingerprint density at radius 1 is 1.05 bits per heavy atom. The van der Waals surface area contributed by atoms with Crippen molar-refractivity contribution >= 4 is 11.0 Å². The fraction of sp³-hybridized carbons (Fsp3) is 0.500. The van der Waals surface area contributed by atoms with Crippen molar-refractivity contribution in [2.45, 2.75) is 52.4 Å².